The van der Waals surface area contributed by atoms with E-state index in [-0.39, 0.29) is 6.10 Å². The summed E-state index contributed by atoms with van der Waals surface area (Å²) in [5.74, 6) is 1.82. The van der Waals surface area contributed by atoms with Crippen molar-refractivity contribution < 1.29 is 9.57 Å². The van der Waals surface area contributed by atoms with Gasteiger partial charge in [-0.05, 0) is 75.3 Å². The molecule has 1 saturated carbocycles. The fraction of sp³-hybridized carbons (Fsp3) is 0.500. The van der Waals surface area contributed by atoms with Gasteiger partial charge in [-0.15, -0.1) is 0 Å². The van der Waals surface area contributed by atoms with Gasteiger partial charge in [-0.25, -0.2) is 4.99 Å². The number of nitrogens with zero attached hydrogens (tertiary/aromatic N) is 3. The number of ether oxygens (including phenoxy) is 1. The molecule has 30 heavy (non-hydrogen) atoms. The predicted octanol–water partition coefficient (Wildman–Crippen LogP) is 5.19. The van der Waals surface area contributed by atoms with Crippen LogP contribution in [0.4, 0.5) is 5.69 Å². The second-order valence-corrected chi connectivity index (χ2v) is 8.17. The fourth-order valence-corrected chi connectivity index (χ4v) is 4.48. The molecule has 1 N–H and O–H groups in total. The first-order valence-electron chi connectivity index (χ1n) is 11.0. The van der Waals surface area contributed by atoms with Crippen molar-refractivity contribution in [3.63, 3.8) is 0 Å². The van der Waals surface area contributed by atoms with Gasteiger partial charge < -0.3 is 19.8 Å². The molecule has 1 aliphatic carbocycles. The molecule has 2 atom stereocenters. The highest BCUT2D eigenvalue weighted by Crippen LogP contribution is 2.35. The van der Waals surface area contributed by atoms with Gasteiger partial charge in [0.05, 0.1) is 25.2 Å². The molecule has 6 heteroatoms. The second kappa shape index (κ2) is 9.37. The number of amidine groups is 1. The van der Waals surface area contributed by atoms with Gasteiger partial charge in [-0.2, -0.15) is 0 Å². The molecule has 160 valence electrons. The topological polar surface area (TPSA) is 58.5 Å². The molecule has 0 amide bonds. The maximum Gasteiger partial charge on any atom is 0.171 e. The van der Waals surface area contributed by atoms with Gasteiger partial charge in [-0.1, -0.05) is 23.7 Å². The lowest BCUT2D eigenvalue weighted by Crippen LogP contribution is -2.54. The van der Waals surface area contributed by atoms with E-state index in [1.54, 1.807) is 13.4 Å². The number of nitrogens with one attached hydrogen (secondary N) is 1. The lowest BCUT2D eigenvalue weighted by molar-refractivity contribution is -0.0401. The molecule has 3 aliphatic rings. The summed E-state index contributed by atoms with van der Waals surface area (Å²) in [6.07, 6.45) is 13.2. The van der Waals surface area contributed by atoms with Crippen LogP contribution in [0.5, 0.6) is 5.75 Å². The van der Waals surface area contributed by atoms with Crippen LogP contribution in [0.1, 0.15) is 57.9 Å². The molecule has 2 heterocycles. The molecule has 2 aliphatic heterocycles. The molecule has 6 nitrogen and oxygen atoms in total. The van der Waals surface area contributed by atoms with Crippen LogP contribution < -0.4 is 10.1 Å². The van der Waals surface area contributed by atoms with E-state index in [0.29, 0.717) is 6.04 Å². The summed E-state index contributed by atoms with van der Waals surface area (Å²) in [5, 5.41) is 7.75. The Balaban J connectivity index is 1.55. The summed E-state index contributed by atoms with van der Waals surface area (Å²) in [6, 6.07) is 6.66. The largest absolute Gasteiger partial charge is 0.495 e. The average Bonchev–Trinajstić information content (AvgIpc) is 2.79. The number of piperidine rings is 1. The molecular weight excluding hydrogens is 376 g/mol. The van der Waals surface area contributed by atoms with Crippen LogP contribution >= 0.6 is 0 Å². The number of anilines is 1. The van der Waals surface area contributed by atoms with E-state index in [4.69, 9.17) is 9.57 Å². The lowest BCUT2D eigenvalue weighted by atomic mass is 9.88. The SMILES string of the molecule is C/C=C(C)\N=C/Nc1ccc(/C=C2\CCCN3C2=NOC2CCCCC23)cc1OC. The van der Waals surface area contributed by atoms with E-state index < -0.39 is 0 Å². The molecule has 0 spiro atoms. The van der Waals surface area contributed by atoms with Crippen molar-refractivity contribution in [2.75, 3.05) is 19.0 Å². The van der Waals surface area contributed by atoms with Crippen LogP contribution in [0.25, 0.3) is 6.08 Å². The smallest absolute Gasteiger partial charge is 0.171 e. The van der Waals surface area contributed by atoms with Gasteiger partial charge in [-0.3, -0.25) is 0 Å². The molecule has 1 saturated heterocycles. The van der Waals surface area contributed by atoms with Crippen LogP contribution in [0.3, 0.4) is 0 Å². The van der Waals surface area contributed by atoms with Crippen LogP contribution in [0.2, 0.25) is 0 Å². The Kier molecular flexibility index (Phi) is 6.41. The molecule has 0 bridgehead atoms. The Morgan fingerprint density at radius 1 is 1.30 bits per heavy atom. The van der Waals surface area contributed by atoms with Crippen molar-refractivity contribution in [3.8, 4) is 5.75 Å². The summed E-state index contributed by atoms with van der Waals surface area (Å²) in [7, 11) is 1.69. The number of hydrogen-bond acceptors (Lipinski definition) is 5. The summed E-state index contributed by atoms with van der Waals surface area (Å²) in [6.45, 7) is 5.02. The minimum atomic E-state index is 0.264. The zero-order valence-electron chi connectivity index (χ0n) is 18.2. The second-order valence-electron chi connectivity index (χ2n) is 8.17. The van der Waals surface area contributed by atoms with E-state index in [9.17, 15) is 0 Å². The minimum Gasteiger partial charge on any atom is -0.495 e. The van der Waals surface area contributed by atoms with Crippen LogP contribution in [0.15, 0.2) is 45.7 Å². The summed E-state index contributed by atoms with van der Waals surface area (Å²) in [5.41, 5.74) is 4.20. The highest BCUT2D eigenvalue weighted by Gasteiger charge is 2.39. The zero-order valence-corrected chi connectivity index (χ0v) is 18.2. The highest BCUT2D eigenvalue weighted by molar-refractivity contribution is 6.03. The Morgan fingerprint density at radius 3 is 3.00 bits per heavy atom. The van der Waals surface area contributed by atoms with Crippen LogP contribution in [-0.2, 0) is 4.84 Å². The van der Waals surface area contributed by atoms with Gasteiger partial charge in [0.25, 0.3) is 0 Å². The zero-order chi connectivity index (χ0) is 20.9. The molecule has 0 radical (unpaired) electrons. The Hall–Kier alpha value is -2.76. The van der Waals surface area contributed by atoms with Gasteiger partial charge >= 0.3 is 0 Å². The van der Waals surface area contributed by atoms with Crippen LogP contribution in [-0.4, -0.2) is 42.9 Å². The number of aliphatic imine (C=N–C) groups is 1. The number of methoxy groups -OCH3 is 1. The third kappa shape index (κ3) is 4.37. The maximum atomic E-state index is 5.91. The summed E-state index contributed by atoms with van der Waals surface area (Å²) in [4.78, 5) is 12.7. The van der Waals surface area contributed by atoms with E-state index in [1.165, 1.54) is 24.8 Å². The van der Waals surface area contributed by atoms with E-state index in [2.05, 4.69) is 38.6 Å². The molecule has 1 aromatic rings. The third-order valence-corrected chi connectivity index (χ3v) is 6.22. The molecule has 0 aromatic heterocycles. The number of allylic oxidation sites excluding steroid dienone is 2. The Bertz CT molecular complexity index is 887. The van der Waals surface area contributed by atoms with Gasteiger partial charge in [0.1, 0.15) is 11.9 Å². The number of hydrogen-bond donors (Lipinski definition) is 1. The number of fused-ring (bicyclic) bond motifs is 3. The Morgan fingerprint density at radius 2 is 2.17 bits per heavy atom. The van der Waals surface area contributed by atoms with Crippen molar-refractivity contribution in [3.05, 3.63) is 41.1 Å². The van der Waals surface area contributed by atoms with E-state index >= 15 is 0 Å². The standard InChI is InChI=1S/C24H32N4O2/c1-4-17(2)25-16-26-20-12-11-18(15-23(20)29-3)14-19-8-7-13-28-21-9-5-6-10-22(21)30-27-24(19)28/h4,11-12,14-16,21-22H,5-10,13H2,1-3H3,(H,25,26)/b17-4-,19-14+. The number of benzene rings is 1. The highest BCUT2D eigenvalue weighted by atomic mass is 16.6. The Labute approximate surface area is 179 Å². The van der Waals surface area contributed by atoms with Crippen molar-refractivity contribution >= 4 is 23.9 Å². The number of oxime groups is 1. The minimum absolute atomic E-state index is 0.264. The summed E-state index contributed by atoms with van der Waals surface area (Å²) < 4.78 is 5.60. The molecule has 4 rings (SSSR count). The first-order chi connectivity index (χ1) is 14.7. The molecule has 2 unspecified atom stereocenters. The quantitative estimate of drug-likeness (QED) is 0.538. The average molecular weight is 409 g/mol. The summed E-state index contributed by atoms with van der Waals surface area (Å²) >= 11 is 0. The van der Waals surface area contributed by atoms with E-state index in [1.807, 2.05) is 26.0 Å². The maximum absolute atomic E-state index is 5.91. The van der Waals surface area contributed by atoms with Gasteiger partial charge in [0.15, 0.2) is 5.84 Å². The van der Waals surface area contributed by atoms with Crippen molar-refractivity contribution in [2.24, 2.45) is 10.1 Å². The first-order valence-corrected chi connectivity index (χ1v) is 11.0. The molecule has 2 fully saturated rings. The predicted molar refractivity (Wildman–Crippen MR) is 123 cm³/mol. The first kappa shape index (κ1) is 20.5. The lowest BCUT2D eigenvalue weighted by Gasteiger charge is -2.45. The molecule has 1 aromatic carbocycles. The monoisotopic (exact) mass is 408 g/mol. The fourth-order valence-electron chi connectivity index (χ4n) is 4.48. The normalized spacial score (nSPS) is 25.4. The molecular formula is C24H32N4O2. The van der Waals surface area contributed by atoms with Crippen LogP contribution in [0, 0.1) is 0 Å². The van der Waals surface area contributed by atoms with Gasteiger partial charge in [0.2, 0.25) is 0 Å². The van der Waals surface area contributed by atoms with Gasteiger partial charge in [0, 0.05) is 12.2 Å². The van der Waals surface area contributed by atoms with Crippen molar-refractivity contribution in [2.45, 2.75) is 64.5 Å². The third-order valence-electron chi connectivity index (χ3n) is 6.22. The van der Waals surface area contributed by atoms with Crippen molar-refractivity contribution in [1.29, 1.82) is 0 Å². The number of rotatable bonds is 5. The van der Waals surface area contributed by atoms with Crippen molar-refractivity contribution in [1.82, 2.24) is 4.90 Å². The van der Waals surface area contributed by atoms with E-state index in [0.717, 1.165) is 54.3 Å².